The van der Waals surface area contributed by atoms with Gasteiger partial charge in [0.1, 0.15) is 6.04 Å². The Morgan fingerprint density at radius 1 is 0.774 bits per heavy atom. The molecule has 0 unspecified atom stereocenters. The number of nitrogens with zero attached hydrogens (tertiary/aromatic N) is 4. The minimum Gasteiger partial charge on any atom is -0.392 e. The highest BCUT2D eigenvalue weighted by molar-refractivity contribution is 7.89. The van der Waals surface area contributed by atoms with E-state index in [9.17, 15) is 18.3 Å². The molecule has 4 atom stereocenters. The number of benzene rings is 5. The van der Waals surface area contributed by atoms with Gasteiger partial charge in [-0.05, 0) is 64.9 Å². The molecule has 13 heteroatoms. The first-order chi connectivity index (χ1) is 30.2. The summed E-state index contributed by atoms with van der Waals surface area (Å²) in [6.07, 6.45) is 3.52. The van der Waals surface area contributed by atoms with Crippen LogP contribution in [0.5, 0.6) is 0 Å². The number of sulfonamides is 1. The maximum atomic E-state index is 13.9. The molecule has 0 bridgehead atoms. The van der Waals surface area contributed by atoms with Gasteiger partial charge in [-0.1, -0.05) is 121 Å². The average molecular weight is 853 g/mol. The van der Waals surface area contributed by atoms with Gasteiger partial charge >= 0.3 is 0 Å². The summed E-state index contributed by atoms with van der Waals surface area (Å²) < 4.78 is 43.0. The van der Waals surface area contributed by atoms with Crippen molar-refractivity contribution in [1.29, 1.82) is 0 Å². The number of aliphatic hydroxyl groups is 1. The number of aliphatic hydroxyl groups excluding tert-OH is 1. The molecule has 320 valence electrons. The summed E-state index contributed by atoms with van der Waals surface area (Å²) in [7, 11) is -3.98. The Kier molecular flexibility index (Phi) is 13.8. The number of piperazine rings is 1. The lowest BCUT2D eigenvalue weighted by Gasteiger charge is -2.40. The van der Waals surface area contributed by atoms with Gasteiger partial charge in [0.15, 0.2) is 6.29 Å². The van der Waals surface area contributed by atoms with Crippen LogP contribution in [0.25, 0.3) is 11.1 Å². The fourth-order valence-electron chi connectivity index (χ4n) is 8.00. The predicted molar refractivity (Wildman–Crippen MR) is 238 cm³/mol. The molecule has 8 rings (SSSR count). The van der Waals surface area contributed by atoms with Crippen LogP contribution in [0.2, 0.25) is 0 Å². The molecule has 0 radical (unpaired) electrons. The number of rotatable bonds is 15. The van der Waals surface area contributed by atoms with Gasteiger partial charge in [-0.25, -0.2) is 18.4 Å². The van der Waals surface area contributed by atoms with E-state index in [-0.39, 0.29) is 36.7 Å². The Bertz CT molecular complexity index is 2490. The number of hydrogen-bond donors (Lipinski definition) is 3. The molecule has 5 aromatic carbocycles. The minimum absolute atomic E-state index is 0.0210. The zero-order valence-corrected chi connectivity index (χ0v) is 35.5. The summed E-state index contributed by atoms with van der Waals surface area (Å²) in [5.41, 5.74) is 7.30. The minimum atomic E-state index is -3.98. The zero-order chi connectivity index (χ0) is 42.9. The molecule has 2 fully saturated rings. The summed E-state index contributed by atoms with van der Waals surface area (Å²) in [5.74, 6) is 0.326. The quantitative estimate of drug-likeness (QED) is 0.104. The zero-order valence-electron chi connectivity index (χ0n) is 34.7. The average Bonchev–Trinajstić information content (AvgIpc) is 3.31. The summed E-state index contributed by atoms with van der Waals surface area (Å²) in [4.78, 5) is 27.5. The van der Waals surface area contributed by atoms with Crippen LogP contribution in [0.4, 0.5) is 5.95 Å². The first kappa shape index (κ1) is 42.9. The van der Waals surface area contributed by atoms with Gasteiger partial charge in [0, 0.05) is 63.6 Å². The topological polar surface area (TPSA) is 146 Å². The lowest BCUT2D eigenvalue weighted by Crippen LogP contribution is -2.50. The Balaban J connectivity index is 0.960. The van der Waals surface area contributed by atoms with E-state index >= 15 is 0 Å². The second-order valence-electron chi connectivity index (χ2n) is 15.9. The molecule has 0 spiro atoms. The third-order valence-corrected chi connectivity index (χ3v) is 13.0. The SMILES string of the molecule is Cc1ccc(S(=O)(=O)N[C@H](Cc2ccccc2)C(=O)NCc2ccccc2-c2ccc([C@@H]3O[C@H](CN4CCN(c5ncccn5)CC4)C[C@H](c4ccc(CO)cc4)O3)cc2)cc1. The van der Waals surface area contributed by atoms with E-state index in [1.54, 1.807) is 36.7 Å². The molecule has 1 amide bonds. The number of aromatic nitrogens is 2. The molecular formula is C49H52N6O6S. The maximum Gasteiger partial charge on any atom is 0.241 e. The number of hydrogen-bond acceptors (Lipinski definition) is 10. The normalized spacial score (nSPS) is 18.9. The van der Waals surface area contributed by atoms with Crippen LogP contribution in [0.1, 0.15) is 52.2 Å². The van der Waals surface area contributed by atoms with Gasteiger partial charge < -0.3 is 24.8 Å². The summed E-state index contributed by atoms with van der Waals surface area (Å²) >= 11 is 0. The largest absolute Gasteiger partial charge is 0.392 e. The monoisotopic (exact) mass is 852 g/mol. The molecule has 62 heavy (non-hydrogen) atoms. The molecule has 1 aromatic heterocycles. The summed E-state index contributed by atoms with van der Waals surface area (Å²) in [6, 6.07) is 40.6. The van der Waals surface area contributed by atoms with E-state index in [0.29, 0.717) is 6.42 Å². The lowest BCUT2D eigenvalue weighted by molar-refractivity contribution is -0.253. The predicted octanol–water partition coefficient (Wildman–Crippen LogP) is 6.52. The van der Waals surface area contributed by atoms with Crippen molar-refractivity contribution in [3.05, 3.63) is 179 Å². The van der Waals surface area contributed by atoms with E-state index in [0.717, 1.165) is 83.2 Å². The first-order valence-corrected chi connectivity index (χ1v) is 22.5. The molecule has 6 aromatic rings. The molecule has 2 saturated heterocycles. The highest BCUT2D eigenvalue weighted by atomic mass is 32.2. The second kappa shape index (κ2) is 19.9. The summed E-state index contributed by atoms with van der Waals surface area (Å²) in [5, 5.41) is 12.7. The highest BCUT2D eigenvalue weighted by Gasteiger charge is 2.34. The Labute approximate surface area is 363 Å². The van der Waals surface area contributed by atoms with Crippen molar-refractivity contribution in [3.8, 4) is 11.1 Å². The maximum absolute atomic E-state index is 13.9. The number of ether oxygens (including phenoxy) is 2. The van der Waals surface area contributed by atoms with Gasteiger partial charge in [-0.2, -0.15) is 4.72 Å². The van der Waals surface area contributed by atoms with Crippen LogP contribution in [-0.4, -0.2) is 79.2 Å². The number of amides is 1. The Morgan fingerprint density at radius 3 is 2.16 bits per heavy atom. The van der Waals surface area contributed by atoms with Crippen molar-refractivity contribution < 1.29 is 27.8 Å². The van der Waals surface area contributed by atoms with E-state index in [1.807, 2.05) is 116 Å². The smallest absolute Gasteiger partial charge is 0.241 e. The molecule has 2 aliphatic rings. The lowest BCUT2D eigenvalue weighted by atomic mass is 9.97. The second-order valence-corrected chi connectivity index (χ2v) is 17.6. The highest BCUT2D eigenvalue weighted by Crippen LogP contribution is 2.39. The molecule has 3 N–H and O–H groups in total. The van der Waals surface area contributed by atoms with Crippen LogP contribution in [-0.2, 0) is 43.9 Å². The number of carbonyl (C=O) groups excluding carboxylic acids is 1. The van der Waals surface area contributed by atoms with Crippen molar-refractivity contribution >= 4 is 21.9 Å². The third kappa shape index (κ3) is 10.8. The van der Waals surface area contributed by atoms with Crippen LogP contribution < -0.4 is 14.9 Å². The first-order valence-electron chi connectivity index (χ1n) is 21.0. The van der Waals surface area contributed by atoms with Gasteiger partial charge in [0.2, 0.25) is 21.9 Å². The number of aryl methyl sites for hydroxylation is 1. The van der Waals surface area contributed by atoms with Crippen molar-refractivity contribution in [3.63, 3.8) is 0 Å². The molecule has 0 aliphatic carbocycles. The Morgan fingerprint density at radius 2 is 1.45 bits per heavy atom. The van der Waals surface area contributed by atoms with E-state index < -0.39 is 28.3 Å². The molecule has 12 nitrogen and oxygen atoms in total. The third-order valence-electron chi connectivity index (χ3n) is 11.5. The van der Waals surface area contributed by atoms with E-state index in [4.69, 9.17) is 9.47 Å². The van der Waals surface area contributed by atoms with Gasteiger partial charge in [-0.3, -0.25) is 9.69 Å². The molecule has 2 aliphatic heterocycles. The standard InChI is InChI=1S/C49H52N6O6S/c1-35-12-22-43(23-13-35)62(58,59)53-45(30-36-8-3-2-4-9-36)47(57)52-32-41-10-5-6-11-44(41)38-18-20-40(21-19-38)48-60-42(31-46(61-48)39-16-14-37(34-56)15-17-39)33-54-26-28-55(29-27-54)49-50-24-7-25-51-49/h2-25,42,45-46,48,53,56H,26-34H2,1H3,(H,52,57)/t42-,45+,46+,48+/m0/s1. The van der Waals surface area contributed by atoms with E-state index in [2.05, 4.69) is 29.8 Å². The van der Waals surface area contributed by atoms with Crippen molar-refractivity contribution in [2.75, 3.05) is 37.6 Å². The molecule has 0 saturated carbocycles. The number of nitrogens with one attached hydrogen (secondary N) is 2. The van der Waals surface area contributed by atoms with Crippen molar-refractivity contribution in [1.82, 2.24) is 24.9 Å². The van der Waals surface area contributed by atoms with E-state index in [1.165, 1.54) is 0 Å². The Hall–Kier alpha value is -5.80. The molecular weight excluding hydrogens is 801 g/mol. The van der Waals surface area contributed by atoms with Crippen LogP contribution in [0.15, 0.2) is 151 Å². The number of anilines is 1. The van der Waals surface area contributed by atoms with Gasteiger partial charge in [0.05, 0.1) is 23.7 Å². The van der Waals surface area contributed by atoms with Crippen LogP contribution in [0, 0.1) is 6.92 Å². The number of carbonyl (C=O) groups is 1. The fraction of sp³-hybridized carbons (Fsp3) is 0.286. The molecule has 3 heterocycles. The van der Waals surface area contributed by atoms with Gasteiger partial charge in [-0.15, -0.1) is 0 Å². The van der Waals surface area contributed by atoms with Crippen LogP contribution >= 0.6 is 0 Å². The van der Waals surface area contributed by atoms with Crippen molar-refractivity contribution in [2.45, 2.75) is 62.4 Å². The van der Waals surface area contributed by atoms with Gasteiger partial charge in [0.25, 0.3) is 0 Å². The van der Waals surface area contributed by atoms with Crippen LogP contribution in [0.3, 0.4) is 0 Å². The fourth-order valence-corrected chi connectivity index (χ4v) is 9.19. The van der Waals surface area contributed by atoms with Crippen molar-refractivity contribution in [2.24, 2.45) is 0 Å². The summed E-state index contributed by atoms with van der Waals surface area (Å²) in [6.45, 7) is 6.20.